The lowest BCUT2D eigenvalue weighted by Gasteiger charge is -2.01. The Balaban J connectivity index is 3.41. The molecule has 0 N–H and O–H groups in total. The van der Waals surface area contributed by atoms with Gasteiger partial charge >= 0.3 is 0 Å². The quantitative estimate of drug-likeness (QED) is 0.586. The fraction of sp³-hybridized carbons (Fsp3) is 0.778. The number of thioether (sulfide) groups is 1. The maximum absolute atomic E-state index is 2.24. The second-order valence-electron chi connectivity index (χ2n) is 2.29. The van der Waals surface area contributed by atoms with Crippen molar-refractivity contribution in [3.63, 3.8) is 0 Å². The van der Waals surface area contributed by atoms with Crippen molar-refractivity contribution >= 4 is 11.8 Å². The summed E-state index contributed by atoms with van der Waals surface area (Å²) in [4.78, 5) is 1.56. The molecule has 60 valence electrons. The Bertz CT molecular complexity index is 94.9. The van der Waals surface area contributed by atoms with Crippen LogP contribution in [0.2, 0.25) is 0 Å². The molecule has 0 saturated heterocycles. The monoisotopic (exact) mass is 158 g/mol. The van der Waals surface area contributed by atoms with E-state index in [2.05, 4.69) is 26.8 Å². The standard InChI is InChI=1S/C9H18S/c1-4-7-8-9(5-2)10-6-3/h5H,4,6-8H2,1-3H3/b9-5-. The Morgan fingerprint density at radius 3 is 2.50 bits per heavy atom. The first kappa shape index (κ1) is 10.1. The Hall–Kier alpha value is 0.0900. The zero-order valence-corrected chi connectivity index (χ0v) is 8.13. The number of hydrogen-bond donors (Lipinski definition) is 0. The minimum Gasteiger partial charge on any atom is -0.131 e. The summed E-state index contributed by atoms with van der Waals surface area (Å²) in [6, 6.07) is 0. The van der Waals surface area contributed by atoms with Crippen LogP contribution in [0.15, 0.2) is 11.0 Å². The van der Waals surface area contributed by atoms with Gasteiger partial charge in [0, 0.05) is 0 Å². The highest BCUT2D eigenvalue weighted by Crippen LogP contribution is 2.20. The minimum absolute atomic E-state index is 1.21. The van der Waals surface area contributed by atoms with Crippen LogP contribution in [0.5, 0.6) is 0 Å². The van der Waals surface area contributed by atoms with Crippen LogP contribution in [-0.4, -0.2) is 5.75 Å². The molecular formula is C9H18S. The highest BCUT2D eigenvalue weighted by molar-refractivity contribution is 8.03. The third kappa shape index (κ3) is 4.92. The van der Waals surface area contributed by atoms with Gasteiger partial charge in [0.25, 0.3) is 0 Å². The summed E-state index contributed by atoms with van der Waals surface area (Å²) < 4.78 is 0. The van der Waals surface area contributed by atoms with Crippen molar-refractivity contribution in [2.24, 2.45) is 0 Å². The molecule has 0 radical (unpaired) electrons. The van der Waals surface area contributed by atoms with E-state index in [-0.39, 0.29) is 0 Å². The van der Waals surface area contributed by atoms with E-state index < -0.39 is 0 Å². The lowest BCUT2D eigenvalue weighted by atomic mass is 10.2. The van der Waals surface area contributed by atoms with Crippen LogP contribution in [-0.2, 0) is 0 Å². The van der Waals surface area contributed by atoms with Gasteiger partial charge < -0.3 is 0 Å². The van der Waals surface area contributed by atoms with Crippen molar-refractivity contribution in [3.05, 3.63) is 11.0 Å². The molecule has 0 bridgehead atoms. The van der Waals surface area contributed by atoms with E-state index in [1.165, 1.54) is 25.0 Å². The average Bonchev–Trinajstić information content (AvgIpc) is 1.98. The van der Waals surface area contributed by atoms with Gasteiger partial charge in [-0.05, 0) is 30.4 Å². The number of unbranched alkanes of at least 4 members (excludes halogenated alkanes) is 1. The highest BCUT2D eigenvalue weighted by atomic mass is 32.2. The van der Waals surface area contributed by atoms with Gasteiger partial charge in [0.2, 0.25) is 0 Å². The molecule has 0 atom stereocenters. The van der Waals surface area contributed by atoms with Gasteiger partial charge in [-0.2, -0.15) is 0 Å². The second kappa shape index (κ2) is 7.20. The van der Waals surface area contributed by atoms with Gasteiger partial charge in [0.15, 0.2) is 0 Å². The van der Waals surface area contributed by atoms with E-state index in [0.29, 0.717) is 0 Å². The summed E-state index contributed by atoms with van der Waals surface area (Å²) in [6.07, 6.45) is 6.17. The summed E-state index contributed by atoms with van der Waals surface area (Å²) in [5, 5.41) is 0. The lowest BCUT2D eigenvalue weighted by molar-refractivity contribution is 0.808. The van der Waals surface area contributed by atoms with Gasteiger partial charge in [-0.15, -0.1) is 11.8 Å². The van der Waals surface area contributed by atoms with E-state index >= 15 is 0 Å². The zero-order chi connectivity index (χ0) is 7.82. The van der Waals surface area contributed by atoms with Gasteiger partial charge in [0.1, 0.15) is 0 Å². The second-order valence-corrected chi connectivity index (χ2v) is 3.68. The van der Waals surface area contributed by atoms with E-state index in [4.69, 9.17) is 0 Å². The van der Waals surface area contributed by atoms with Crippen LogP contribution in [0.25, 0.3) is 0 Å². The summed E-state index contributed by atoms with van der Waals surface area (Å²) in [7, 11) is 0. The van der Waals surface area contributed by atoms with Crippen molar-refractivity contribution in [1.29, 1.82) is 0 Å². The summed E-state index contributed by atoms with van der Waals surface area (Å²) in [5.41, 5.74) is 0. The molecule has 0 unspecified atom stereocenters. The first-order valence-electron chi connectivity index (χ1n) is 4.13. The van der Waals surface area contributed by atoms with E-state index in [1.54, 1.807) is 4.91 Å². The molecule has 0 aliphatic rings. The van der Waals surface area contributed by atoms with Crippen LogP contribution in [0.3, 0.4) is 0 Å². The molecule has 0 aliphatic carbocycles. The molecule has 0 aromatic carbocycles. The number of allylic oxidation sites excluding steroid dienone is 2. The molecule has 0 spiro atoms. The van der Waals surface area contributed by atoms with Crippen LogP contribution >= 0.6 is 11.8 Å². The topological polar surface area (TPSA) is 0 Å². The van der Waals surface area contributed by atoms with Gasteiger partial charge in [-0.1, -0.05) is 26.3 Å². The smallest absolute Gasteiger partial charge is 0.00518 e. The number of rotatable bonds is 5. The van der Waals surface area contributed by atoms with Crippen LogP contribution in [0.4, 0.5) is 0 Å². The molecular weight excluding hydrogens is 140 g/mol. The molecule has 0 heterocycles. The normalized spacial score (nSPS) is 12.1. The molecule has 0 amide bonds. The molecule has 0 fully saturated rings. The Labute approximate surface area is 69.1 Å². The van der Waals surface area contributed by atoms with Gasteiger partial charge in [0.05, 0.1) is 0 Å². The van der Waals surface area contributed by atoms with Crippen LogP contribution < -0.4 is 0 Å². The fourth-order valence-electron chi connectivity index (χ4n) is 0.836. The van der Waals surface area contributed by atoms with E-state index in [1.807, 2.05) is 11.8 Å². The predicted octanol–water partition coefficient (Wildman–Crippen LogP) is 3.83. The molecule has 0 rings (SSSR count). The SMILES string of the molecule is C/C=C(/CCCC)SCC. The van der Waals surface area contributed by atoms with Gasteiger partial charge in [-0.25, -0.2) is 0 Å². The van der Waals surface area contributed by atoms with E-state index in [0.717, 1.165) is 0 Å². The largest absolute Gasteiger partial charge is 0.131 e. The Morgan fingerprint density at radius 2 is 2.10 bits per heavy atom. The zero-order valence-electron chi connectivity index (χ0n) is 7.31. The first-order chi connectivity index (χ1) is 4.85. The van der Waals surface area contributed by atoms with Crippen molar-refractivity contribution in [3.8, 4) is 0 Å². The molecule has 0 aliphatic heterocycles. The van der Waals surface area contributed by atoms with Crippen molar-refractivity contribution in [2.75, 3.05) is 5.75 Å². The van der Waals surface area contributed by atoms with Crippen molar-refractivity contribution < 1.29 is 0 Å². The molecule has 0 aromatic rings. The van der Waals surface area contributed by atoms with E-state index in [9.17, 15) is 0 Å². The fourth-order valence-corrected chi connectivity index (χ4v) is 1.66. The third-order valence-corrected chi connectivity index (χ3v) is 2.53. The summed E-state index contributed by atoms with van der Waals surface area (Å²) >= 11 is 1.98. The van der Waals surface area contributed by atoms with Crippen LogP contribution in [0.1, 0.15) is 40.0 Å². The van der Waals surface area contributed by atoms with Crippen LogP contribution in [0, 0.1) is 0 Å². The maximum atomic E-state index is 2.24. The first-order valence-corrected chi connectivity index (χ1v) is 5.11. The minimum atomic E-state index is 1.21. The van der Waals surface area contributed by atoms with Crippen molar-refractivity contribution in [1.82, 2.24) is 0 Å². The van der Waals surface area contributed by atoms with Gasteiger partial charge in [-0.3, -0.25) is 0 Å². The molecule has 0 saturated carbocycles. The highest BCUT2D eigenvalue weighted by Gasteiger charge is 1.92. The molecule has 0 aromatic heterocycles. The average molecular weight is 158 g/mol. The Kier molecular flexibility index (Phi) is 7.26. The Morgan fingerprint density at radius 1 is 1.40 bits per heavy atom. The lowest BCUT2D eigenvalue weighted by Crippen LogP contribution is -1.78. The predicted molar refractivity (Wildman–Crippen MR) is 51.4 cm³/mol. The molecule has 10 heavy (non-hydrogen) atoms. The summed E-state index contributed by atoms with van der Waals surface area (Å²) in [5.74, 6) is 1.21. The maximum Gasteiger partial charge on any atom is -0.00518 e. The summed E-state index contributed by atoms with van der Waals surface area (Å²) in [6.45, 7) is 6.58. The van der Waals surface area contributed by atoms with Crippen molar-refractivity contribution in [2.45, 2.75) is 40.0 Å². The number of hydrogen-bond acceptors (Lipinski definition) is 1. The third-order valence-electron chi connectivity index (χ3n) is 1.43. The molecule has 1 heteroatoms. The molecule has 0 nitrogen and oxygen atoms in total.